The van der Waals surface area contributed by atoms with Crippen LogP contribution in [0.3, 0.4) is 0 Å². The van der Waals surface area contributed by atoms with Gasteiger partial charge in [0.05, 0.1) is 18.9 Å². The smallest absolute Gasteiger partial charge is 0.305 e. The lowest BCUT2D eigenvalue weighted by Gasteiger charge is -2.11. The molecule has 3 aromatic rings. The Kier molecular flexibility index (Phi) is 4.59. The molecule has 0 atom stereocenters. The summed E-state index contributed by atoms with van der Waals surface area (Å²) in [4.78, 5) is 29.0. The molecule has 0 amide bonds. The first kappa shape index (κ1) is 17.2. The van der Waals surface area contributed by atoms with Gasteiger partial charge < -0.3 is 9.84 Å². The molecule has 0 aliphatic carbocycles. The average molecular weight is 358 g/mol. The SMILES string of the molecule is COc1ccc(C)cc1-c1csc2nc(C)n(CCC(=O)O)c(=O)c12. The zero-order valence-electron chi connectivity index (χ0n) is 14.2. The van der Waals surface area contributed by atoms with E-state index >= 15 is 0 Å². The maximum Gasteiger partial charge on any atom is 0.305 e. The molecular formula is C18H18N2O4S. The molecule has 1 aromatic carbocycles. The van der Waals surface area contributed by atoms with Crippen LogP contribution in [0.25, 0.3) is 21.3 Å². The molecule has 6 nitrogen and oxygen atoms in total. The normalized spacial score (nSPS) is 11.0. The number of hydrogen-bond acceptors (Lipinski definition) is 5. The van der Waals surface area contributed by atoms with Gasteiger partial charge in [-0.1, -0.05) is 11.6 Å². The van der Waals surface area contributed by atoms with Crippen LogP contribution in [0.2, 0.25) is 0 Å². The van der Waals surface area contributed by atoms with Crippen LogP contribution < -0.4 is 10.3 Å². The van der Waals surface area contributed by atoms with E-state index in [1.807, 2.05) is 30.5 Å². The fraction of sp³-hybridized carbons (Fsp3) is 0.278. The van der Waals surface area contributed by atoms with Gasteiger partial charge in [0.2, 0.25) is 0 Å². The third-order valence-corrected chi connectivity index (χ3v) is 4.95. The predicted octanol–water partition coefficient (Wildman–Crippen LogP) is 3.23. The molecule has 0 fully saturated rings. The van der Waals surface area contributed by atoms with Crippen LogP contribution >= 0.6 is 11.3 Å². The molecule has 2 aromatic heterocycles. The third-order valence-electron chi connectivity index (χ3n) is 4.08. The molecule has 3 rings (SSSR count). The first-order valence-electron chi connectivity index (χ1n) is 7.77. The molecule has 2 heterocycles. The molecule has 25 heavy (non-hydrogen) atoms. The van der Waals surface area contributed by atoms with Gasteiger partial charge in [-0.3, -0.25) is 14.2 Å². The molecular weight excluding hydrogens is 340 g/mol. The van der Waals surface area contributed by atoms with E-state index in [1.54, 1.807) is 14.0 Å². The summed E-state index contributed by atoms with van der Waals surface area (Å²) in [6.45, 7) is 3.80. The highest BCUT2D eigenvalue weighted by atomic mass is 32.1. The van der Waals surface area contributed by atoms with Crippen LogP contribution in [-0.2, 0) is 11.3 Å². The van der Waals surface area contributed by atoms with Gasteiger partial charge in [0.25, 0.3) is 5.56 Å². The summed E-state index contributed by atoms with van der Waals surface area (Å²) in [6, 6.07) is 5.80. The van der Waals surface area contributed by atoms with Gasteiger partial charge in [0.15, 0.2) is 0 Å². The predicted molar refractivity (Wildman–Crippen MR) is 97.6 cm³/mol. The molecule has 0 saturated heterocycles. The molecule has 0 radical (unpaired) electrons. The third kappa shape index (κ3) is 3.15. The van der Waals surface area contributed by atoms with Gasteiger partial charge in [-0.15, -0.1) is 11.3 Å². The zero-order valence-corrected chi connectivity index (χ0v) is 15.0. The molecule has 1 N–H and O–H groups in total. The van der Waals surface area contributed by atoms with E-state index in [-0.39, 0.29) is 18.5 Å². The molecule has 0 spiro atoms. The number of ether oxygens (including phenoxy) is 1. The number of carboxylic acid groups (broad SMARTS) is 1. The molecule has 130 valence electrons. The lowest BCUT2D eigenvalue weighted by atomic mass is 10.0. The van der Waals surface area contributed by atoms with Crippen molar-refractivity contribution in [2.24, 2.45) is 0 Å². The van der Waals surface area contributed by atoms with Crippen LogP contribution in [0.5, 0.6) is 5.75 Å². The Morgan fingerprint density at radius 3 is 2.76 bits per heavy atom. The van der Waals surface area contributed by atoms with Crippen LogP contribution in [0.4, 0.5) is 0 Å². The molecule has 7 heteroatoms. The van der Waals surface area contributed by atoms with E-state index in [4.69, 9.17) is 9.84 Å². The van der Waals surface area contributed by atoms with Crippen molar-refractivity contribution in [3.63, 3.8) is 0 Å². The fourth-order valence-corrected chi connectivity index (χ4v) is 3.80. The van der Waals surface area contributed by atoms with Gasteiger partial charge in [-0.05, 0) is 26.0 Å². The summed E-state index contributed by atoms with van der Waals surface area (Å²) in [7, 11) is 1.59. The van der Waals surface area contributed by atoms with Crippen molar-refractivity contribution < 1.29 is 14.6 Å². The molecule has 0 aliphatic heterocycles. The van der Waals surface area contributed by atoms with Gasteiger partial charge in [-0.25, -0.2) is 4.98 Å². The van der Waals surface area contributed by atoms with E-state index in [1.165, 1.54) is 15.9 Å². The van der Waals surface area contributed by atoms with Crippen LogP contribution in [0.1, 0.15) is 17.8 Å². The van der Waals surface area contributed by atoms with Gasteiger partial charge in [-0.2, -0.15) is 0 Å². The summed E-state index contributed by atoms with van der Waals surface area (Å²) >= 11 is 1.40. The summed E-state index contributed by atoms with van der Waals surface area (Å²) in [5, 5.41) is 11.3. The van der Waals surface area contributed by atoms with Gasteiger partial charge in [0, 0.05) is 23.1 Å². The number of fused-ring (bicyclic) bond motifs is 1. The van der Waals surface area contributed by atoms with Crippen molar-refractivity contribution in [2.75, 3.05) is 7.11 Å². The number of aromatic nitrogens is 2. The van der Waals surface area contributed by atoms with Crippen LogP contribution in [0.15, 0.2) is 28.4 Å². The van der Waals surface area contributed by atoms with Gasteiger partial charge in [0.1, 0.15) is 16.4 Å². The molecule has 0 aliphatic rings. The van der Waals surface area contributed by atoms with Crippen molar-refractivity contribution in [2.45, 2.75) is 26.8 Å². The second-order valence-corrected chi connectivity index (χ2v) is 6.65. The van der Waals surface area contributed by atoms with Crippen LogP contribution in [-0.4, -0.2) is 27.7 Å². The highest BCUT2D eigenvalue weighted by Crippen LogP contribution is 2.37. The van der Waals surface area contributed by atoms with E-state index in [0.717, 1.165) is 16.7 Å². The Morgan fingerprint density at radius 2 is 2.08 bits per heavy atom. The van der Waals surface area contributed by atoms with Crippen molar-refractivity contribution in [3.05, 3.63) is 45.3 Å². The minimum atomic E-state index is -0.947. The molecule has 0 saturated carbocycles. The highest BCUT2D eigenvalue weighted by molar-refractivity contribution is 7.17. The Hall–Kier alpha value is -2.67. The Labute approximate surface area is 148 Å². The lowest BCUT2D eigenvalue weighted by Crippen LogP contribution is -2.24. The average Bonchev–Trinajstić information content (AvgIpc) is 2.98. The summed E-state index contributed by atoms with van der Waals surface area (Å²) < 4.78 is 6.87. The summed E-state index contributed by atoms with van der Waals surface area (Å²) in [5.74, 6) is 0.253. The first-order chi connectivity index (χ1) is 11.9. The number of carboxylic acids is 1. The Morgan fingerprint density at radius 1 is 1.32 bits per heavy atom. The van der Waals surface area contributed by atoms with E-state index in [0.29, 0.717) is 21.8 Å². The maximum absolute atomic E-state index is 13.0. The van der Waals surface area contributed by atoms with E-state index < -0.39 is 5.97 Å². The van der Waals surface area contributed by atoms with Gasteiger partial charge >= 0.3 is 5.97 Å². The van der Waals surface area contributed by atoms with Crippen molar-refractivity contribution >= 4 is 27.5 Å². The van der Waals surface area contributed by atoms with E-state index in [2.05, 4.69) is 4.98 Å². The van der Waals surface area contributed by atoms with E-state index in [9.17, 15) is 9.59 Å². The van der Waals surface area contributed by atoms with Crippen molar-refractivity contribution in [1.82, 2.24) is 9.55 Å². The standard InChI is InChI=1S/C18H18N2O4S/c1-10-4-5-14(24-3)12(8-10)13-9-25-17-16(13)18(23)20(11(2)19-17)7-6-15(21)22/h4-5,8-9H,6-7H2,1-3H3,(H,21,22). The number of aryl methyl sites for hydroxylation is 2. The fourth-order valence-electron chi connectivity index (χ4n) is 2.83. The zero-order chi connectivity index (χ0) is 18.1. The monoisotopic (exact) mass is 358 g/mol. The topological polar surface area (TPSA) is 81.4 Å². The maximum atomic E-state index is 13.0. The Balaban J connectivity index is 2.25. The quantitative estimate of drug-likeness (QED) is 0.757. The Bertz CT molecular complexity index is 1020. The number of carbonyl (C=O) groups is 1. The largest absolute Gasteiger partial charge is 0.496 e. The number of rotatable bonds is 5. The number of thiophene rings is 1. The highest BCUT2D eigenvalue weighted by Gasteiger charge is 2.18. The van der Waals surface area contributed by atoms with Crippen LogP contribution in [0, 0.1) is 13.8 Å². The second-order valence-electron chi connectivity index (χ2n) is 5.79. The van der Waals surface area contributed by atoms with Crippen molar-refractivity contribution in [3.8, 4) is 16.9 Å². The lowest BCUT2D eigenvalue weighted by molar-refractivity contribution is -0.137. The van der Waals surface area contributed by atoms with Crippen molar-refractivity contribution in [1.29, 1.82) is 0 Å². The minimum Gasteiger partial charge on any atom is -0.496 e. The number of hydrogen-bond donors (Lipinski definition) is 1. The summed E-state index contributed by atoms with van der Waals surface area (Å²) in [6.07, 6.45) is -0.124. The first-order valence-corrected chi connectivity index (χ1v) is 8.65. The number of methoxy groups -OCH3 is 1. The second kappa shape index (κ2) is 6.68. The summed E-state index contributed by atoms with van der Waals surface area (Å²) in [5.41, 5.74) is 2.44. The minimum absolute atomic E-state index is 0.100. The number of nitrogens with zero attached hydrogens (tertiary/aromatic N) is 2. The number of benzene rings is 1. The number of aliphatic carboxylic acids is 1. The molecule has 0 bridgehead atoms. The molecule has 0 unspecified atom stereocenters.